The summed E-state index contributed by atoms with van der Waals surface area (Å²) >= 11 is 0. The normalized spacial score (nSPS) is 12.7. The van der Waals surface area contributed by atoms with Crippen LogP contribution < -0.4 is 0 Å². The first-order valence-corrected chi connectivity index (χ1v) is 28.6. The summed E-state index contributed by atoms with van der Waals surface area (Å²) < 4.78 is 16.8. The van der Waals surface area contributed by atoms with E-state index < -0.39 is 6.10 Å². The third-order valence-corrected chi connectivity index (χ3v) is 12.1. The number of allylic oxidation sites excluding steroid dienone is 14. The Morgan fingerprint density at radius 1 is 0.309 bits per heavy atom. The van der Waals surface area contributed by atoms with E-state index in [4.69, 9.17) is 14.2 Å². The third kappa shape index (κ3) is 53.5. The summed E-state index contributed by atoms with van der Waals surface area (Å²) in [7, 11) is 0. The maximum absolute atomic E-state index is 12.8. The molecule has 0 aliphatic carbocycles. The number of esters is 3. The molecule has 390 valence electrons. The van der Waals surface area contributed by atoms with Crippen LogP contribution in [0.25, 0.3) is 0 Å². The van der Waals surface area contributed by atoms with Crippen molar-refractivity contribution in [1.82, 2.24) is 0 Å². The van der Waals surface area contributed by atoms with E-state index in [2.05, 4.69) is 106 Å². The highest BCUT2D eigenvalue weighted by molar-refractivity contribution is 5.71. The van der Waals surface area contributed by atoms with Crippen molar-refractivity contribution in [1.29, 1.82) is 0 Å². The molecule has 0 bridgehead atoms. The number of rotatable bonds is 51. The van der Waals surface area contributed by atoms with Gasteiger partial charge in [0.1, 0.15) is 13.2 Å². The van der Waals surface area contributed by atoms with Crippen molar-refractivity contribution in [2.75, 3.05) is 13.2 Å². The Kier molecular flexibility index (Phi) is 53.4. The van der Waals surface area contributed by atoms with Gasteiger partial charge in [0.05, 0.1) is 0 Å². The molecule has 1 unspecified atom stereocenters. The fourth-order valence-corrected chi connectivity index (χ4v) is 7.84. The van der Waals surface area contributed by atoms with E-state index in [1.165, 1.54) is 109 Å². The minimum Gasteiger partial charge on any atom is -0.462 e. The predicted octanol–water partition coefficient (Wildman–Crippen LogP) is 19.2. The van der Waals surface area contributed by atoms with Crippen molar-refractivity contribution in [2.45, 2.75) is 277 Å². The molecule has 0 amide bonds. The van der Waals surface area contributed by atoms with E-state index >= 15 is 0 Å². The van der Waals surface area contributed by atoms with Crippen molar-refractivity contribution in [2.24, 2.45) is 0 Å². The lowest BCUT2D eigenvalue weighted by molar-refractivity contribution is -0.167. The summed E-state index contributed by atoms with van der Waals surface area (Å²) in [4.78, 5) is 38.1. The van der Waals surface area contributed by atoms with Crippen molar-refractivity contribution < 1.29 is 28.6 Å². The number of carbonyl (C=O) groups is 3. The third-order valence-electron chi connectivity index (χ3n) is 12.1. The number of hydrogen-bond acceptors (Lipinski definition) is 6. The fraction of sp³-hybridized carbons (Fsp3) is 0.726. The molecule has 0 heterocycles. The second-order valence-corrected chi connectivity index (χ2v) is 18.8. The van der Waals surface area contributed by atoms with Crippen LogP contribution in [0.5, 0.6) is 0 Å². The van der Waals surface area contributed by atoms with E-state index in [1.807, 2.05) is 0 Å². The topological polar surface area (TPSA) is 78.9 Å². The second kappa shape index (κ2) is 56.2. The van der Waals surface area contributed by atoms with Gasteiger partial charge >= 0.3 is 17.9 Å². The standard InChI is InChI=1S/C62H106O6/c1-4-7-10-13-16-19-22-25-27-28-29-30-31-32-33-34-35-38-40-43-46-49-52-55-61(64)67-58-59(57-66-60(63)54-51-48-45-42-39-36-24-21-18-15-12-9-6-3)68-62(65)56-53-50-47-44-41-37-26-23-20-17-14-11-8-5-2/h7,10,14,16-17,19,23,25-27,29-30,32-33,59H,4-6,8-9,11-13,15,18,20-22,24,28,31,34-58H2,1-3H3/b10-7-,17-14-,19-16-,26-23-,27-25-,30-29-,33-32-. The Labute approximate surface area is 420 Å². The van der Waals surface area contributed by atoms with Crippen LogP contribution in [0.1, 0.15) is 271 Å². The van der Waals surface area contributed by atoms with Gasteiger partial charge in [0.15, 0.2) is 6.10 Å². The highest BCUT2D eigenvalue weighted by atomic mass is 16.6. The first kappa shape index (κ1) is 64.6. The van der Waals surface area contributed by atoms with Gasteiger partial charge in [-0.05, 0) is 89.9 Å². The lowest BCUT2D eigenvalue weighted by atomic mass is 10.0. The Morgan fingerprint density at radius 3 is 0.941 bits per heavy atom. The van der Waals surface area contributed by atoms with E-state index in [-0.39, 0.29) is 31.1 Å². The number of carbonyl (C=O) groups excluding carboxylic acids is 3. The van der Waals surface area contributed by atoms with Gasteiger partial charge in [-0.25, -0.2) is 0 Å². The van der Waals surface area contributed by atoms with Gasteiger partial charge in [-0.3, -0.25) is 14.4 Å². The molecule has 0 saturated carbocycles. The molecular weight excluding hydrogens is 841 g/mol. The minimum absolute atomic E-state index is 0.0839. The molecule has 0 radical (unpaired) electrons. The molecule has 1 atom stereocenters. The van der Waals surface area contributed by atoms with Gasteiger partial charge < -0.3 is 14.2 Å². The summed E-state index contributed by atoms with van der Waals surface area (Å²) in [5.41, 5.74) is 0. The van der Waals surface area contributed by atoms with Crippen molar-refractivity contribution in [3.8, 4) is 0 Å². The van der Waals surface area contributed by atoms with Crippen LogP contribution in [0.4, 0.5) is 0 Å². The van der Waals surface area contributed by atoms with Crippen LogP contribution >= 0.6 is 0 Å². The van der Waals surface area contributed by atoms with Crippen LogP contribution in [0.3, 0.4) is 0 Å². The summed E-state index contributed by atoms with van der Waals surface area (Å²) in [6.07, 6.45) is 72.8. The maximum atomic E-state index is 12.8. The second-order valence-electron chi connectivity index (χ2n) is 18.8. The first-order chi connectivity index (χ1) is 33.5. The predicted molar refractivity (Wildman–Crippen MR) is 293 cm³/mol. The van der Waals surface area contributed by atoms with Crippen LogP contribution in [0.2, 0.25) is 0 Å². The number of unbranched alkanes of at least 4 members (excludes halogenated alkanes) is 26. The molecule has 0 aliphatic rings. The summed E-state index contributed by atoms with van der Waals surface area (Å²) in [5, 5.41) is 0. The molecule has 0 aliphatic heterocycles. The smallest absolute Gasteiger partial charge is 0.306 e. The molecule has 0 spiro atoms. The summed E-state index contributed by atoms with van der Waals surface area (Å²) in [5.74, 6) is -0.904. The highest BCUT2D eigenvalue weighted by Crippen LogP contribution is 2.15. The summed E-state index contributed by atoms with van der Waals surface area (Å²) in [6, 6.07) is 0. The monoisotopic (exact) mass is 947 g/mol. The van der Waals surface area contributed by atoms with Crippen LogP contribution in [-0.4, -0.2) is 37.2 Å². The maximum Gasteiger partial charge on any atom is 0.306 e. The van der Waals surface area contributed by atoms with Gasteiger partial charge in [-0.2, -0.15) is 0 Å². The highest BCUT2D eigenvalue weighted by Gasteiger charge is 2.19. The Morgan fingerprint density at radius 2 is 0.588 bits per heavy atom. The number of hydrogen-bond donors (Lipinski definition) is 0. The minimum atomic E-state index is -0.787. The Hall–Kier alpha value is -3.41. The lowest BCUT2D eigenvalue weighted by Gasteiger charge is -2.18. The van der Waals surface area contributed by atoms with E-state index in [1.54, 1.807) is 0 Å². The van der Waals surface area contributed by atoms with Gasteiger partial charge in [0.2, 0.25) is 0 Å². The molecule has 68 heavy (non-hydrogen) atoms. The lowest BCUT2D eigenvalue weighted by Crippen LogP contribution is -2.30. The Balaban J connectivity index is 4.36. The van der Waals surface area contributed by atoms with Crippen molar-refractivity contribution >= 4 is 17.9 Å². The Bertz CT molecular complexity index is 1320. The van der Waals surface area contributed by atoms with E-state index in [0.717, 1.165) is 122 Å². The van der Waals surface area contributed by atoms with E-state index in [9.17, 15) is 14.4 Å². The SMILES string of the molecule is CC/C=C\C/C=C\C/C=C\C/C=C\C/C=C\CCCCCCCCCC(=O)OCC(COC(=O)CCCCCCCCCCCCCCC)OC(=O)CCCCCCC/C=C\C/C=C\CCCC. The van der Waals surface area contributed by atoms with Gasteiger partial charge in [-0.1, -0.05) is 247 Å². The van der Waals surface area contributed by atoms with Crippen LogP contribution in [0, 0.1) is 0 Å². The quantitative estimate of drug-likeness (QED) is 0.0262. The number of ether oxygens (including phenoxy) is 3. The molecule has 6 heteroatoms. The largest absolute Gasteiger partial charge is 0.462 e. The molecule has 0 aromatic carbocycles. The van der Waals surface area contributed by atoms with Gasteiger partial charge in [0.25, 0.3) is 0 Å². The summed E-state index contributed by atoms with van der Waals surface area (Å²) in [6.45, 7) is 6.48. The average Bonchev–Trinajstić information content (AvgIpc) is 3.34. The molecular formula is C62H106O6. The zero-order valence-corrected chi connectivity index (χ0v) is 44.6. The van der Waals surface area contributed by atoms with E-state index in [0.29, 0.717) is 19.3 Å². The molecule has 0 fully saturated rings. The fourth-order valence-electron chi connectivity index (χ4n) is 7.84. The zero-order chi connectivity index (χ0) is 49.3. The van der Waals surface area contributed by atoms with Crippen LogP contribution in [0.15, 0.2) is 85.1 Å². The average molecular weight is 948 g/mol. The van der Waals surface area contributed by atoms with Gasteiger partial charge in [-0.15, -0.1) is 0 Å². The molecule has 0 rings (SSSR count). The van der Waals surface area contributed by atoms with Crippen molar-refractivity contribution in [3.63, 3.8) is 0 Å². The molecule has 0 aromatic rings. The first-order valence-electron chi connectivity index (χ1n) is 28.6. The molecule has 0 saturated heterocycles. The van der Waals surface area contributed by atoms with Crippen molar-refractivity contribution in [3.05, 3.63) is 85.1 Å². The van der Waals surface area contributed by atoms with Gasteiger partial charge in [0, 0.05) is 19.3 Å². The molecule has 0 N–H and O–H groups in total. The zero-order valence-electron chi connectivity index (χ0n) is 44.6. The molecule has 0 aromatic heterocycles. The van der Waals surface area contributed by atoms with Crippen LogP contribution in [-0.2, 0) is 28.6 Å². The molecule has 6 nitrogen and oxygen atoms in total.